The van der Waals surface area contributed by atoms with Crippen LogP contribution in [-0.2, 0) is 0 Å². The summed E-state index contributed by atoms with van der Waals surface area (Å²) >= 11 is 0. The molecule has 0 radical (unpaired) electrons. The van der Waals surface area contributed by atoms with Crippen molar-refractivity contribution in [2.45, 2.75) is 65.5 Å². The van der Waals surface area contributed by atoms with Gasteiger partial charge in [0.05, 0.1) is 17.6 Å². The molecule has 0 saturated carbocycles. The Balaban J connectivity index is 1.59. The lowest BCUT2D eigenvalue weighted by atomic mass is 10.0. The number of hydrogen-bond acceptors (Lipinski definition) is 6. The Bertz CT molecular complexity index is 820. The molecular weight excluding hydrogens is 372 g/mol. The number of aryl methyl sites for hydroxylation is 1. The molecule has 162 valence electrons. The standard InChI is InChI=1S/C24H36N6/c1-6-20(7-2)27-21-12-15-30(16-13-21)22-10-11-24(26-17-22)29(5)28-19(4)23-9-8-14-25-18(23)3/h8-11,14,17,20-21,27H,6-7,12-13,15-16H2,1-5H3/b28-19+. The maximum Gasteiger partial charge on any atom is 0.148 e. The van der Waals surface area contributed by atoms with Crippen molar-refractivity contribution in [2.24, 2.45) is 5.10 Å². The lowest BCUT2D eigenvalue weighted by Gasteiger charge is -2.35. The lowest BCUT2D eigenvalue weighted by molar-refractivity contribution is 0.354. The molecule has 0 atom stereocenters. The van der Waals surface area contributed by atoms with Gasteiger partial charge < -0.3 is 10.2 Å². The van der Waals surface area contributed by atoms with Gasteiger partial charge >= 0.3 is 0 Å². The van der Waals surface area contributed by atoms with Gasteiger partial charge in [-0.05, 0) is 63.8 Å². The van der Waals surface area contributed by atoms with Crippen LogP contribution in [0.1, 0.15) is 57.7 Å². The summed E-state index contributed by atoms with van der Waals surface area (Å²) in [4.78, 5) is 11.5. The van der Waals surface area contributed by atoms with E-state index >= 15 is 0 Å². The number of hydrogen-bond donors (Lipinski definition) is 1. The number of nitrogens with one attached hydrogen (secondary N) is 1. The van der Waals surface area contributed by atoms with Crippen LogP contribution in [0.5, 0.6) is 0 Å². The Labute approximate surface area is 181 Å². The van der Waals surface area contributed by atoms with Gasteiger partial charge in [0.2, 0.25) is 0 Å². The second-order valence-electron chi connectivity index (χ2n) is 8.16. The highest BCUT2D eigenvalue weighted by Crippen LogP contribution is 2.22. The molecule has 1 fully saturated rings. The third kappa shape index (κ3) is 5.57. The molecule has 1 saturated heterocycles. The van der Waals surface area contributed by atoms with Crippen molar-refractivity contribution in [1.29, 1.82) is 0 Å². The van der Waals surface area contributed by atoms with Gasteiger partial charge in [0, 0.05) is 49.7 Å². The van der Waals surface area contributed by atoms with Gasteiger partial charge in [-0.1, -0.05) is 13.8 Å². The van der Waals surface area contributed by atoms with Crippen molar-refractivity contribution in [3.8, 4) is 0 Å². The van der Waals surface area contributed by atoms with Crippen LogP contribution in [0.3, 0.4) is 0 Å². The van der Waals surface area contributed by atoms with Crippen LogP contribution in [-0.4, -0.2) is 47.9 Å². The van der Waals surface area contributed by atoms with Crippen LogP contribution in [0.25, 0.3) is 0 Å². The van der Waals surface area contributed by atoms with Crippen molar-refractivity contribution in [2.75, 3.05) is 30.0 Å². The maximum atomic E-state index is 4.70. The second-order valence-corrected chi connectivity index (χ2v) is 8.16. The van der Waals surface area contributed by atoms with Crippen molar-refractivity contribution >= 4 is 17.2 Å². The highest BCUT2D eigenvalue weighted by Gasteiger charge is 2.21. The van der Waals surface area contributed by atoms with Crippen LogP contribution < -0.4 is 15.2 Å². The number of hydrazone groups is 1. The molecule has 6 nitrogen and oxygen atoms in total. The van der Waals surface area contributed by atoms with E-state index < -0.39 is 0 Å². The summed E-state index contributed by atoms with van der Waals surface area (Å²) in [5.41, 5.74) is 4.17. The van der Waals surface area contributed by atoms with E-state index in [0.717, 1.165) is 35.9 Å². The SMILES string of the molecule is CCC(CC)NC1CCN(c2ccc(N(C)/N=C(\C)c3cccnc3C)nc2)CC1. The lowest BCUT2D eigenvalue weighted by Crippen LogP contribution is -2.46. The molecule has 30 heavy (non-hydrogen) atoms. The van der Waals surface area contributed by atoms with Gasteiger partial charge in [0.1, 0.15) is 5.82 Å². The zero-order chi connectivity index (χ0) is 21.5. The maximum absolute atomic E-state index is 4.70. The number of rotatable bonds is 8. The Hall–Kier alpha value is -2.47. The molecule has 0 spiro atoms. The average Bonchev–Trinajstić information content (AvgIpc) is 2.78. The third-order valence-electron chi connectivity index (χ3n) is 6.08. The fourth-order valence-electron chi connectivity index (χ4n) is 4.12. The molecule has 0 amide bonds. The molecule has 2 aromatic rings. The minimum absolute atomic E-state index is 0.637. The molecule has 0 unspecified atom stereocenters. The van der Waals surface area contributed by atoms with Gasteiger partial charge in [-0.15, -0.1) is 0 Å². The van der Waals surface area contributed by atoms with Crippen molar-refractivity contribution in [3.05, 3.63) is 47.9 Å². The molecular formula is C24H36N6. The highest BCUT2D eigenvalue weighted by molar-refractivity contribution is 5.99. The van der Waals surface area contributed by atoms with Crippen LogP contribution in [0, 0.1) is 6.92 Å². The number of nitrogens with zero attached hydrogens (tertiary/aromatic N) is 5. The Morgan fingerprint density at radius 3 is 2.53 bits per heavy atom. The molecule has 0 aromatic carbocycles. The van der Waals surface area contributed by atoms with E-state index in [1.165, 1.54) is 31.4 Å². The van der Waals surface area contributed by atoms with E-state index in [1.54, 1.807) is 6.20 Å². The van der Waals surface area contributed by atoms with E-state index in [1.807, 2.05) is 44.2 Å². The molecule has 1 N–H and O–H groups in total. The topological polar surface area (TPSA) is 56.6 Å². The van der Waals surface area contributed by atoms with Crippen molar-refractivity contribution in [3.63, 3.8) is 0 Å². The summed E-state index contributed by atoms with van der Waals surface area (Å²) in [6.45, 7) is 10.7. The first-order chi connectivity index (χ1) is 14.5. The average molecular weight is 409 g/mol. The molecule has 1 aliphatic rings. The van der Waals surface area contributed by atoms with Gasteiger partial charge in [0.15, 0.2) is 0 Å². The van der Waals surface area contributed by atoms with Crippen LogP contribution in [0.4, 0.5) is 11.5 Å². The quantitative estimate of drug-likeness (QED) is 0.518. The number of piperidine rings is 1. The normalized spacial score (nSPS) is 15.7. The first-order valence-electron chi connectivity index (χ1n) is 11.2. The van der Waals surface area contributed by atoms with Gasteiger partial charge in [0.25, 0.3) is 0 Å². The summed E-state index contributed by atoms with van der Waals surface area (Å²) in [6, 6.07) is 9.49. The number of anilines is 2. The molecule has 0 bridgehead atoms. The monoisotopic (exact) mass is 408 g/mol. The predicted molar refractivity (Wildman–Crippen MR) is 127 cm³/mol. The van der Waals surface area contributed by atoms with E-state index in [4.69, 9.17) is 5.10 Å². The minimum atomic E-state index is 0.637. The third-order valence-corrected chi connectivity index (χ3v) is 6.08. The molecule has 3 rings (SSSR count). The van der Waals surface area contributed by atoms with E-state index in [0.29, 0.717) is 12.1 Å². The van der Waals surface area contributed by atoms with Gasteiger partial charge in [-0.2, -0.15) is 5.10 Å². The minimum Gasteiger partial charge on any atom is -0.370 e. The summed E-state index contributed by atoms with van der Waals surface area (Å²) < 4.78 is 0. The summed E-state index contributed by atoms with van der Waals surface area (Å²) in [7, 11) is 1.94. The first-order valence-corrected chi connectivity index (χ1v) is 11.2. The number of aromatic nitrogens is 2. The van der Waals surface area contributed by atoms with Gasteiger partial charge in [-0.3, -0.25) is 9.99 Å². The zero-order valence-corrected chi connectivity index (χ0v) is 19.1. The van der Waals surface area contributed by atoms with E-state index in [9.17, 15) is 0 Å². The zero-order valence-electron chi connectivity index (χ0n) is 19.1. The first kappa shape index (κ1) is 22.2. The van der Waals surface area contributed by atoms with Crippen LogP contribution in [0.2, 0.25) is 0 Å². The van der Waals surface area contributed by atoms with Crippen molar-refractivity contribution < 1.29 is 0 Å². The fourth-order valence-corrected chi connectivity index (χ4v) is 4.12. The molecule has 1 aliphatic heterocycles. The van der Waals surface area contributed by atoms with E-state index in [2.05, 4.69) is 46.2 Å². The second kappa shape index (κ2) is 10.5. The predicted octanol–water partition coefficient (Wildman–Crippen LogP) is 4.39. The summed E-state index contributed by atoms with van der Waals surface area (Å²) in [5, 5.41) is 10.3. The Morgan fingerprint density at radius 1 is 1.20 bits per heavy atom. The van der Waals surface area contributed by atoms with Gasteiger partial charge in [-0.25, -0.2) is 4.98 Å². The smallest absolute Gasteiger partial charge is 0.148 e. The Morgan fingerprint density at radius 2 is 1.93 bits per heavy atom. The Kier molecular flexibility index (Phi) is 7.80. The summed E-state index contributed by atoms with van der Waals surface area (Å²) in [5.74, 6) is 0.838. The van der Waals surface area contributed by atoms with E-state index in [-0.39, 0.29) is 0 Å². The van der Waals surface area contributed by atoms with Crippen molar-refractivity contribution in [1.82, 2.24) is 15.3 Å². The van der Waals surface area contributed by atoms with Crippen LogP contribution >= 0.6 is 0 Å². The number of pyridine rings is 2. The largest absolute Gasteiger partial charge is 0.370 e. The highest BCUT2D eigenvalue weighted by atomic mass is 15.5. The molecule has 3 heterocycles. The molecule has 0 aliphatic carbocycles. The molecule has 2 aromatic heterocycles. The molecule has 6 heteroatoms. The van der Waals surface area contributed by atoms with Crippen LogP contribution in [0.15, 0.2) is 41.8 Å². The summed E-state index contributed by atoms with van der Waals surface area (Å²) in [6.07, 6.45) is 8.57. The fraction of sp³-hybridized carbons (Fsp3) is 0.542.